The summed E-state index contributed by atoms with van der Waals surface area (Å²) in [4.78, 5) is 13.1. The molecule has 0 N–H and O–H groups in total. The van der Waals surface area contributed by atoms with Crippen LogP contribution in [0.5, 0.6) is 0 Å². The van der Waals surface area contributed by atoms with E-state index in [1.165, 1.54) is 42.9 Å². The van der Waals surface area contributed by atoms with Crippen molar-refractivity contribution in [1.82, 2.24) is 0 Å². The Labute approximate surface area is 205 Å². The molecule has 2 aromatic carbocycles. The fraction of sp³-hybridized carbons (Fsp3) is 0.444. The summed E-state index contributed by atoms with van der Waals surface area (Å²) in [6.45, 7) is 8.63. The molecule has 5 rings (SSSR count). The van der Waals surface area contributed by atoms with Crippen LogP contribution in [0.25, 0.3) is 0 Å². The molecule has 3 aliphatic heterocycles. The van der Waals surface area contributed by atoms with Crippen LogP contribution in [-0.4, -0.2) is 36.6 Å². The Kier molecular flexibility index (Phi) is 8.46. The second-order valence-corrected chi connectivity index (χ2v) is 9.72. The third kappa shape index (κ3) is 6.30. The Hall–Kier alpha value is -2.05. The molecule has 178 valence electrons. The van der Waals surface area contributed by atoms with E-state index in [-0.39, 0.29) is 28.9 Å². The van der Waals surface area contributed by atoms with Crippen LogP contribution in [0.3, 0.4) is 0 Å². The average molecular weight is 520 g/mol. The summed E-state index contributed by atoms with van der Waals surface area (Å²) in [7, 11) is 0. The van der Waals surface area contributed by atoms with E-state index in [2.05, 4.69) is 19.9 Å². The number of nitrogens with zero attached hydrogens (tertiary/aromatic N) is 1. The number of halogens is 3. The van der Waals surface area contributed by atoms with Crippen LogP contribution in [0.2, 0.25) is 0 Å². The summed E-state index contributed by atoms with van der Waals surface area (Å²) in [6.07, 6.45) is 4.12. The highest BCUT2D eigenvalue weighted by atomic mass is 79.9. The van der Waals surface area contributed by atoms with E-state index in [9.17, 15) is 13.6 Å². The molecule has 0 radical (unpaired) electrons. The summed E-state index contributed by atoms with van der Waals surface area (Å²) < 4.78 is 34.7. The lowest BCUT2D eigenvalue weighted by molar-refractivity contribution is -0.941. The molecule has 0 spiro atoms. The van der Waals surface area contributed by atoms with E-state index < -0.39 is 17.7 Å². The van der Waals surface area contributed by atoms with Crippen molar-refractivity contribution in [3.8, 4) is 0 Å². The molecule has 6 heteroatoms. The number of fused-ring (bicyclic) bond motifs is 3. The van der Waals surface area contributed by atoms with Gasteiger partial charge in [-0.25, -0.2) is 8.78 Å². The highest BCUT2D eigenvalue weighted by Crippen LogP contribution is 2.40. The van der Waals surface area contributed by atoms with Crippen molar-refractivity contribution in [1.29, 1.82) is 0 Å². The second kappa shape index (κ2) is 10.9. The molecule has 3 aliphatic rings. The molecule has 3 fully saturated rings. The van der Waals surface area contributed by atoms with Crippen LogP contribution < -0.4 is 17.0 Å². The number of carbonyl (C=O) groups excluding carboxylic acids is 1. The van der Waals surface area contributed by atoms with Crippen LogP contribution in [0.1, 0.15) is 50.3 Å². The Morgan fingerprint density at radius 3 is 2.15 bits per heavy atom. The summed E-state index contributed by atoms with van der Waals surface area (Å²) in [6, 6.07) is 11.9. The highest BCUT2D eigenvalue weighted by Gasteiger charge is 2.46. The zero-order chi connectivity index (χ0) is 22.7. The standard InChI is InChI=1S/C27H32F2NO2.BrH/c1-19(2)9-12-30-13-10-20(11-14-30)23(18-30)17-26(31)32-27(21-5-3-7-24(28)15-21)22-6-4-8-25(29)16-22;/h3-9,15-16,20,23,27H,10-14,17-18H2,1-2H3;1H/q+1;/p-1/t20?,23-,30?;/m0./s1. The van der Waals surface area contributed by atoms with Gasteiger partial charge in [0.05, 0.1) is 32.6 Å². The Bertz CT molecular complexity index is 952. The predicted octanol–water partition coefficient (Wildman–Crippen LogP) is 2.81. The summed E-state index contributed by atoms with van der Waals surface area (Å²) >= 11 is 0. The average Bonchev–Trinajstić information content (AvgIpc) is 2.77. The first-order valence-electron chi connectivity index (χ1n) is 11.5. The first kappa shape index (κ1) is 25.6. The van der Waals surface area contributed by atoms with E-state index in [4.69, 9.17) is 4.74 Å². The van der Waals surface area contributed by atoms with E-state index in [0.29, 0.717) is 23.5 Å². The van der Waals surface area contributed by atoms with Gasteiger partial charge in [0.25, 0.3) is 0 Å². The molecule has 2 aromatic rings. The number of hydrogen-bond donors (Lipinski definition) is 0. The van der Waals surface area contributed by atoms with Gasteiger partial charge in [0, 0.05) is 18.8 Å². The van der Waals surface area contributed by atoms with E-state index in [1.807, 2.05) is 0 Å². The molecule has 2 bridgehead atoms. The summed E-state index contributed by atoms with van der Waals surface area (Å²) in [5, 5.41) is 0. The van der Waals surface area contributed by atoms with Crippen LogP contribution in [-0.2, 0) is 9.53 Å². The largest absolute Gasteiger partial charge is 1.00 e. The fourth-order valence-corrected chi connectivity index (χ4v) is 5.36. The van der Waals surface area contributed by atoms with Gasteiger partial charge in [-0.1, -0.05) is 29.8 Å². The third-order valence-corrected chi connectivity index (χ3v) is 7.10. The molecule has 3 nitrogen and oxygen atoms in total. The fourth-order valence-electron chi connectivity index (χ4n) is 5.36. The molecule has 0 aliphatic carbocycles. The molecule has 3 saturated heterocycles. The minimum absolute atomic E-state index is 0. The van der Waals surface area contributed by atoms with Gasteiger partial charge in [-0.2, -0.15) is 0 Å². The van der Waals surface area contributed by atoms with Crippen molar-refractivity contribution < 1.29 is 39.8 Å². The maximum absolute atomic E-state index is 13.9. The number of rotatable bonds is 7. The van der Waals surface area contributed by atoms with Gasteiger partial charge < -0.3 is 26.2 Å². The number of quaternary nitrogens is 1. The van der Waals surface area contributed by atoms with Crippen molar-refractivity contribution in [3.63, 3.8) is 0 Å². The zero-order valence-corrected chi connectivity index (χ0v) is 20.9. The normalized spacial score (nSPS) is 23.7. The van der Waals surface area contributed by atoms with E-state index in [0.717, 1.165) is 30.4 Å². The Morgan fingerprint density at radius 2 is 1.64 bits per heavy atom. The third-order valence-electron chi connectivity index (χ3n) is 7.10. The molecule has 0 unspecified atom stereocenters. The predicted molar refractivity (Wildman–Crippen MR) is 121 cm³/mol. The monoisotopic (exact) mass is 519 g/mol. The van der Waals surface area contributed by atoms with Gasteiger partial charge in [-0.05, 0) is 61.2 Å². The van der Waals surface area contributed by atoms with Crippen molar-refractivity contribution in [2.45, 2.75) is 39.2 Å². The molecular formula is C27H32BrF2NO2. The second-order valence-electron chi connectivity index (χ2n) is 9.72. The van der Waals surface area contributed by atoms with Crippen molar-refractivity contribution >= 4 is 5.97 Å². The molecule has 3 heterocycles. The summed E-state index contributed by atoms with van der Waals surface area (Å²) in [5.74, 6) is -0.291. The molecule has 0 amide bonds. The number of carbonyl (C=O) groups is 1. The minimum Gasteiger partial charge on any atom is -1.00 e. The van der Waals surface area contributed by atoms with Crippen LogP contribution in [0, 0.1) is 23.5 Å². The van der Waals surface area contributed by atoms with Gasteiger partial charge in [-0.3, -0.25) is 4.79 Å². The number of hydrogen-bond acceptors (Lipinski definition) is 2. The van der Waals surface area contributed by atoms with Crippen LogP contribution in [0.4, 0.5) is 8.78 Å². The minimum atomic E-state index is -0.830. The lowest BCUT2D eigenvalue weighted by Crippen LogP contribution is -3.00. The Balaban J connectivity index is 0.00000306. The van der Waals surface area contributed by atoms with Crippen LogP contribution in [0.15, 0.2) is 60.2 Å². The van der Waals surface area contributed by atoms with Gasteiger partial charge >= 0.3 is 5.97 Å². The van der Waals surface area contributed by atoms with Crippen LogP contribution >= 0.6 is 0 Å². The quantitative estimate of drug-likeness (QED) is 0.319. The first-order chi connectivity index (χ1) is 15.3. The van der Waals surface area contributed by atoms with E-state index >= 15 is 0 Å². The van der Waals surface area contributed by atoms with Gasteiger partial charge in [0.1, 0.15) is 11.6 Å². The summed E-state index contributed by atoms with van der Waals surface area (Å²) in [5.41, 5.74) is 2.34. The number of piperidine rings is 3. The Morgan fingerprint density at radius 1 is 1.06 bits per heavy atom. The zero-order valence-electron chi connectivity index (χ0n) is 19.3. The molecule has 0 aromatic heterocycles. The highest BCUT2D eigenvalue weighted by molar-refractivity contribution is 5.70. The number of esters is 1. The molecule has 0 saturated carbocycles. The van der Waals surface area contributed by atoms with Crippen molar-refractivity contribution in [2.24, 2.45) is 11.8 Å². The lowest BCUT2D eigenvalue weighted by atomic mass is 9.75. The molecule has 33 heavy (non-hydrogen) atoms. The number of ether oxygens (including phenoxy) is 1. The number of allylic oxidation sites excluding steroid dienone is 1. The van der Waals surface area contributed by atoms with Gasteiger partial charge in [0.15, 0.2) is 6.10 Å². The maximum atomic E-state index is 13.9. The van der Waals surface area contributed by atoms with Crippen molar-refractivity contribution in [2.75, 3.05) is 26.2 Å². The lowest BCUT2D eigenvalue weighted by Gasteiger charge is -2.52. The maximum Gasteiger partial charge on any atom is 0.307 e. The number of benzene rings is 2. The van der Waals surface area contributed by atoms with Gasteiger partial charge in [-0.15, -0.1) is 0 Å². The smallest absolute Gasteiger partial charge is 0.307 e. The van der Waals surface area contributed by atoms with Crippen molar-refractivity contribution in [3.05, 3.63) is 82.9 Å². The van der Waals surface area contributed by atoms with E-state index in [1.54, 1.807) is 24.3 Å². The molecular weight excluding hydrogens is 488 g/mol. The van der Waals surface area contributed by atoms with Gasteiger partial charge in [0.2, 0.25) is 0 Å². The SMILES string of the molecule is CC(C)=CC[N+]12CCC(CC1)[C@@H](CC(=O)OC(c1cccc(F)c1)c1cccc(F)c1)C2.[Br-]. The molecule has 1 atom stereocenters. The topological polar surface area (TPSA) is 26.3 Å². The first-order valence-corrected chi connectivity index (χ1v) is 11.5.